The van der Waals surface area contributed by atoms with Gasteiger partial charge in [0.1, 0.15) is 11.5 Å². The Hall–Kier alpha value is -2.27. The summed E-state index contributed by atoms with van der Waals surface area (Å²) in [7, 11) is 0. The number of amides is 2. The highest BCUT2D eigenvalue weighted by molar-refractivity contribution is 8.18. The van der Waals surface area contributed by atoms with Gasteiger partial charge in [-0.2, -0.15) is 0 Å². The first-order valence-corrected chi connectivity index (χ1v) is 6.44. The van der Waals surface area contributed by atoms with Gasteiger partial charge in [0.2, 0.25) is 0 Å². The molecule has 1 aromatic carbocycles. The first-order valence-electron chi connectivity index (χ1n) is 5.62. The summed E-state index contributed by atoms with van der Waals surface area (Å²) < 4.78 is 5.63. The number of thioether (sulfide) groups is 1. The highest BCUT2D eigenvalue weighted by Crippen LogP contribution is 2.28. The van der Waals surface area contributed by atoms with Crippen molar-refractivity contribution in [3.8, 4) is 11.3 Å². The minimum Gasteiger partial charge on any atom is -0.457 e. The highest BCUT2D eigenvalue weighted by Gasteiger charge is 2.25. The zero-order valence-corrected chi connectivity index (χ0v) is 10.6. The third-order valence-electron chi connectivity index (χ3n) is 2.60. The number of imide groups is 1. The summed E-state index contributed by atoms with van der Waals surface area (Å²) in [6, 6.07) is 13.3. The van der Waals surface area contributed by atoms with Crippen molar-refractivity contribution >= 4 is 29.0 Å². The average molecular weight is 271 g/mol. The van der Waals surface area contributed by atoms with Gasteiger partial charge in [-0.05, 0) is 23.9 Å². The van der Waals surface area contributed by atoms with E-state index in [1.165, 1.54) is 0 Å². The lowest BCUT2D eigenvalue weighted by Crippen LogP contribution is -2.17. The average Bonchev–Trinajstić information content (AvgIpc) is 2.99. The first-order chi connectivity index (χ1) is 9.22. The van der Waals surface area contributed by atoms with E-state index < -0.39 is 0 Å². The molecule has 0 atom stereocenters. The van der Waals surface area contributed by atoms with Crippen LogP contribution >= 0.6 is 11.8 Å². The van der Waals surface area contributed by atoms with Crippen LogP contribution in [0.4, 0.5) is 4.79 Å². The van der Waals surface area contributed by atoms with Crippen molar-refractivity contribution in [3.63, 3.8) is 0 Å². The summed E-state index contributed by atoms with van der Waals surface area (Å²) in [5, 5.41) is 1.85. The van der Waals surface area contributed by atoms with Gasteiger partial charge in [-0.15, -0.1) is 0 Å². The van der Waals surface area contributed by atoms with E-state index >= 15 is 0 Å². The summed E-state index contributed by atoms with van der Waals surface area (Å²) >= 11 is 0.875. The van der Waals surface area contributed by atoms with Crippen LogP contribution in [0.5, 0.6) is 0 Å². The van der Waals surface area contributed by atoms with E-state index in [1.807, 2.05) is 36.4 Å². The van der Waals surface area contributed by atoms with Crippen molar-refractivity contribution < 1.29 is 14.0 Å². The maximum atomic E-state index is 11.4. The molecule has 2 heterocycles. The van der Waals surface area contributed by atoms with Crippen LogP contribution in [-0.2, 0) is 4.79 Å². The van der Waals surface area contributed by atoms with Gasteiger partial charge in [-0.3, -0.25) is 14.9 Å². The van der Waals surface area contributed by atoms with E-state index in [1.54, 1.807) is 12.1 Å². The van der Waals surface area contributed by atoms with Crippen LogP contribution in [0.15, 0.2) is 51.8 Å². The molecule has 0 aliphatic carbocycles. The summed E-state index contributed by atoms with van der Waals surface area (Å²) in [6.07, 6.45) is 1.57. The van der Waals surface area contributed by atoms with Gasteiger partial charge in [0.05, 0.1) is 4.91 Å². The quantitative estimate of drug-likeness (QED) is 0.852. The molecule has 0 spiro atoms. The van der Waals surface area contributed by atoms with E-state index in [9.17, 15) is 9.59 Å². The van der Waals surface area contributed by atoms with Crippen LogP contribution in [0.3, 0.4) is 0 Å². The molecule has 0 unspecified atom stereocenters. The number of carbonyl (C=O) groups is 2. The second-order valence-corrected chi connectivity index (χ2v) is 4.94. The zero-order chi connectivity index (χ0) is 13.2. The number of hydrogen-bond donors (Lipinski definition) is 1. The number of carbonyl (C=O) groups excluding carboxylic acids is 2. The molecule has 4 nitrogen and oxygen atoms in total. The molecule has 2 amide bonds. The standard InChI is InChI=1S/C14H9NO3S/c16-13-12(19-14(17)15-13)8-10-6-7-11(18-10)9-4-2-1-3-5-9/h1-8H,(H,15,16,17)/b12-8+. The number of furan rings is 1. The summed E-state index contributed by atoms with van der Waals surface area (Å²) in [4.78, 5) is 22.8. The molecule has 3 rings (SSSR count). The Balaban J connectivity index is 1.89. The largest absolute Gasteiger partial charge is 0.457 e. The van der Waals surface area contributed by atoms with Gasteiger partial charge < -0.3 is 4.42 Å². The summed E-state index contributed by atoms with van der Waals surface area (Å²) in [5.74, 6) is 0.890. The predicted molar refractivity (Wildman–Crippen MR) is 73.3 cm³/mol. The van der Waals surface area contributed by atoms with Crippen LogP contribution in [-0.4, -0.2) is 11.1 Å². The van der Waals surface area contributed by atoms with E-state index in [2.05, 4.69) is 5.32 Å². The Morgan fingerprint density at radius 2 is 1.84 bits per heavy atom. The minimum atomic E-state index is -0.382. The Morgan fingerprint density at radius 3 is 2.53 bits per heavy atom. The zero-order valence-electron chi connectivity index (χ0n) is 9.75. The molecule has 2 aromatic rings. The summed E-state index contributed by atoms with van der Waals surface area (Å²) in [5.41, 5.74) is 0.965. The maximum absolute atomic E-state index is 11.4. The van der Waals surface area contributed by atoms with Crippen LogP contribution in [0.25, 0.3) is 17.4 Å². The van der Waals surface area contributed by atoms with Crippen LogP contribution in [0, 0.1) is 0 Å². The van der Waals surface area contributed by atoms with Gasteiger partial charge in [-0.25, -0.2) is 0 Å². The fraction of sp³-hybridized carbons (Fsp3) is 0. The van der Waals surface area contributed by atoms with E-state index in [-0.39, 0.29) is 11.1 Å². The number of hydrogen-bond acceptors (Lipinski definition) is 4. The number of nitrogens with one attached hydrogen (secondary N) is 1. The Kier molecular flexibility index (Phi) is 2.97. The first kappa shape index (κ1) is 11.8. The second kappa shape index (κ2) is 4.78. The van der Waals surface area contributed by atoms with Gasteiger partial charge >= 0.3 is 0 Å². The lowest BCUT2D eigenvalue weighted by molar-refractivity contribution is -0.115. The molecule has 0 saturated carbocycles. The fourth-order valence-electron chi connectivity index (χ4n) is 1.74. The van der Waals surface area contributed by atoms with Crippen molar-refractivity contribution in [2.45, 2.75) is 0 Å². The molecule has 0 bridgehead atoms. The molecule has 19 heavy (non-hydrogen) atoms. The van der Waals surface area contributed by atoms with E-state index in [0.29, 0.717) is 10.7 Å². The normalized spacial score (nSPS) is 16.9. The van der Waals surface area contributed by atoms with Crippen molar-refractivity contribution in [1.29, 1.82) is 0 Å². The smallest absolute Gasteiger partial charge is 0.290 e. The van der Waals surface area contributed by atoms with Crippen molar-refractivity contribution in [2.24, 2.45) is 0 Å². The highest BCUT2D eigenvalue weighted by atomic mass is 32.2. The van der Waals surface area contributed by atoms with Gasteiger partial charge in [0.25, 0.3) is 11.1 Å². The molecular formula is C14H9NO3S. The van der Waals surface area contributed by atoms with Gasteiger partial charge in [-0.1, -0.05) is 30.3 Å². The third kappa shape index (κ3) is 2.46. The molecule has 1 aromatic heterocycles. The monoisotopic (exact) mass is 271 g/mol. The third-order valence-corrected chi connectivity index (χ3v) is 3.41. The van der Waals surface area contributed by atoms with Crippen LogP contribution in [0.2, 0.25) is 0 Å². The molecule has 1 aliphatic heterocycles. The Labute approximate surface area is 113 Å². The number of rotatable bonds is 2. The van der Waals surface area contributed by atoms with Gasteiger partial charge in [0, 0.05) is 11.6 Å². The molecule has 5 heteroatoms. The predicted octanol–water partition coefficient (Wildman–Crippen LogP) is 3.27. The lowest BCUT2D eigenvalue weighted by atomic mass is 10.2. The van der Waals surface area contributed by atoms with Crippen molar-refractivity contribution in [1.82, 2.24) is 5.32 Å². The fourth-order valence-corrected chi connectivity index (χ4v) is 2.40. The molecule has 1 fully saturated rings. The Morgan fingerprint density at radius 1 is 1.05 bits per heavy atom. The van der Waals surface area contributed by atoms with Crippen LogP contribution < -0.4 is 5.32 Å². The van der Waals surface area contributed by atoms with E-state index in [0.717, 1.165) is 23.1 Å². The van der Waals surface area contributed by atoms with Crippen LogP contribution in [0.1, 0.15) is 5.76 Å². The SMILES string of the molecule is O=C1NC(=O)/C(=C\c2ccc(-c3ccccc3)o2)S1. The van der Waals surface area contributed by atoms with E-state index in [4.69, 9.17) is 4.42 Å². The lowest BCUT2D eigenvalue weighted by Gasteiger charge is -1.95. The summed E-state index contributed by atoms with van der Waals surface area (Å²) in [6.45, 7) is 0. The van der Waals surface area contributed by atoms with Crippen molar-refractivity contribution in [2.75, 3.05) is 0 Å². The Bertz CT molecular complexity index is 673. The minimum absolute atomic E-state index is 0.346. The molecular weight excluding hydrogens is 262 g/mol. The van der Waals surface area contributed by atoms with Gasteiger partial charge in [0.15, 0.2) is 0 Å². The number of benzene rings is 1. The molecule has 0 radical (unpaired) electrons. The molecule has 1 saturated heterocycles. The molecule has 1 aliphatic rings. The maximum Gasteiger partial charge on any atom is 0.290 e. The topological polar surface area (TPSA) is 59.3 Å². The second-order valence-electron chi connectivity index (χ2n) is 3.92. The molecule has 94 valence electrons. The van der Waals surface area contributed by atoms with Crippen molar-refractivity contribution in [3.05, 3.63) is 53.1 Å². The molecule has 1 N–H and O–H groups in total.